The van der Waals surface area contributed by atoms with Crippen LogP contribution < -0.4 is 0 Å². The standard InChI is InChI=1S/C11H18N2O3/c1-4-9(14)8(3)13-7-10(15)12(5-2)6-11(13)16/h8H,4-7H2,1-3H3. The van der Waals surface area contributed by atoms with Gasteiger partial charge in [0.1, 0.15) is 6.54 Å². The molecule has 0 radical (unpaired) electrons. The van der Waals surface area contributed by atoms with Gasteiger partial charge in [-0.2, -0.15) is 0 Å². The molecule has 1 fully saturated rings. The number of likely N-dealkylation sites (N-methyl/N-ethyl adjacent to an activating group) is 1. The third-order valence-electron chi connectivity index (χ3n) is 2.97. The van der Waals surface area contributed by atoms with Gasteiger partial charge >= 0.3 is 0 Å². The van der Waals surface area contributed by atoms with E-state index in [2.05, 4.69) is 0 Å². The highest BCUT2D eigenvalue weighted by Crippen LogP contribution is 2.10. The molecule has 1 aliphatic rings. The summed E-state index contributed by atoms with van der Waals surface area (Å²) in [6.45, 7) is 5.93. The van der Waals surface area contributed by atoms with Gasteiger partial charge < -0.3 is 9.80 Å². The van der Waals surface area contributed by atoms with Crippen LogP contribution in [0.3, 0.4) is 0 Å². The molecule has 2 amide bonds. The Morgan fingerprint density at radius 3 is 2.38 bits per heavy atom. The quantitative estimate of drug-likeness (QED) is 0.680. The Morgan fingerprint density at radius 1 is 1.25 bits per heavy atom. The molecule has 1 aliphatic heterocycles. The van der Waals surface area contributed by atoms with Gasteiger partial charge in [-0.15, -0.1) is 0 Å². The molecule has 0 aromatic heterocycles. The van der Waals surface area contributed by atoms with Gasteiger partial charge in [0, 0.05) is 13.0 Å². The Balaban J connectivity index is 2.73. The molecule has 5 heteroatoms. The summed E-state index contributed by atoms with van der Waals surface area (Å²) < 4.78 is 0. The Bertz CT molecular complexity index is 314. The van der Waals surface area contributed by atoms with E-state index in [1.54, 1.807) is 13.8 Å². The monoisotopic (exact) mass is 226 g/mol. The molecule has 1 rings (SSSR count). The Morgan fingerprint density at radius 2 is 1.88 bits per heavy atom. The third kappa shape index (κ3) is 2.40. The fourth-order valence-corrected chi connectivity index (χ4v) is 1.79. The first-order valence-electron chi connectivity index (χ1n) is 5.61. The molecule has 0 N–H and O–H groups in total. The molecule has 1 unspecified atom stereocenters. The van der Waals surface area contributed by atoms with Gasteiger partial charge in [-0.05, 0) is 13.8 Å². The van der Waals surface area contributed by atoms with E-state index in [1.165, 1.54) is 9.80 Å². The van der Waals surface area contributed by atoms with Crippen LogP contribution in [0.2, 0.25) is 0 Å². The molecule has 1 heterocycles. The first kappa shape index (κ1) is 12.7. The molecule has 16 heavy (non-hydrogen) atoms. The lowest BCUT2D eigenvalue weighted by Gasteiger charge is -2.36. The topological polar surface area (TPSA) is 57.7 Å². The van der Waals surface area contributed by atoms with E-state index in [0.29, 0.717) is 13.0 Å². The van der Waals surface area contributed by atoms with Crippen LogP contribution in [-0.4, -0.2) is 53.1 Å². The third-order valence-corrected chi connectivity index (χ3v) is 2.97. The number of rotatable bonds is 4. The van der Waals surface area contributed by atoms with Gasteiger partial charge in [-0.1, -0.05) is 6.92 Å². The van der Waals surface area contributed by atoms with Gasteiger partial charge in [0.15, 0.2) is 5.78 Å². The largest absolute Gasteiger partial charge is 0.332 e. The number of hydrogen-bond acceptors (Lipinski definition) is 3. The fourth-order valence-electron chi connectivity index (χ4n) is 1.79. The van der Waals surface area contributed by atoms with Crippen molar-refractivity contribution in [1.82, 2.24) is 9.80 Å². The van der Waals surface area contributed by atoms with E-state index in [9.17, 15) is 14.4 Å². The molecule has 0 spiro atoms. The molecule has 90 valence electrons. The normalized spacial score (nSPS) is 18.9. The lowest BCUT2D eigenvalue weighted by Crippen LogP contribution is -2.57. The molecule has 5 nitrogen and oxygen atoms in total. The number of carbonyl (C=O) groups excluding carboxylic acids is 3. The second-order valence-corrected chi connectivity index (χ2v) is 3.93. The van der Waals surface area contributed by atoms with E-state index in [-0.39, 0.29) is 30.7 Å². The first-order chi connectivity index (χ1) is 7.51. The number of nitrogens with zero attached hydrogens (tertiary/aromatic N) is 2. The average Bonchev–Trinajstić information content (AvgIpc) is 2.29. The van der Waals surface area contributed by atoms with Gasteiger partial charge in [-0.25, -0.2) is 0 Å². The molecule has 0 bridgehead atoms. The zero-order valence-electron chi connectivity index (χ0n) is 10.0. The van der Waals surface area contributed by atoms with Crippen molar-refractivity contribution >= 4 is 17.6 Å². The van der Waals surface area contributed by atoms with Crippen LogP contribution in [-0.2, 0) is 14.4 Å². The predicted octanol–water partition coefficient (Wildman–Crippen LogP) is 0.0447. The minimum atomic E-state index is -0.486. The van der Waals surface area contributed by atoms with E-state index in [4.69, 9.17) is 0 Å². The van der Waals surface area contributed by atoms with Crippen molar-refractivity contribution in [3.05, 3.63) is 0 Å². The summed E-state index contributed by atoms with van der Waals surface area (Å²) >= 11 is 0. The Hall–Kier alpha value is -1.39. The summed E-state index contributed by atoms with van der Waals surface area (Å²) in [5, 5.41) is 0. The first-order valence-corrected chi connectivity index (χ1v) is 5.61. The lowest BCUT2D eigenvalue weighted by atomic mass is 10.1. The number of hydrogen-bond donors (Lipinski definition) is 0. The summed E-state index contributed by atoms with van der Waals surface area (Å²) in [7, 11) is 0. The molecule has 0 aliphatic carbocycles. The van der Waals surface area contributed by atoms with Crippen LogP contribution in [0.4, 0.5) is 0 Å². The summed E-state index contributed by atoms with van der Waals surface area (Å²) in [5.41, 5.74) is 0. The number of carbonyl (C=O) groups is 3. The van der Waals surface area contributed by atoms with Gasteiger partial charge in [0.25, 0.3) is 0 Å². The minimum Gasteiger partial charge on any atom is -0.332 e. The number of ketones is 1. The molecule has 1 saturated heterocycles. The highest BCUT2D eigenvalue weighted by Gasteiger charge is 2.33. The molecule has 0 saturated carbocycles. The number of Topliss-reactive ketones (excluding diaryl/α,β-unsaturated/α-hetero) is 1. The smallest absolute Gasteiger partial charge is 0.243 e. The Labute approximate surface area is 95.4 Å². The van der Waals surface area contributed by atoms with Gasteiger partial charge in [0.2, 0.25) is 11.8 Å². The summed E-state index contributed by atoms with van der Waals surface area (Å²) in [6, 6.07) is -0.486. The van der Waals surface area contributed by atoms with Crippen molar-refractivity contribution in [2.24, 2.45) is 0 Å². The second kappa shape index (κ2) is 5.09. The molecule has 0 aromatic rings. The van der Waals surface area contributed by atoms with Crippen molar-refractivity contribution in [2.75, 3.05) is 19.6 Å². The summed E-state index contributed by atoms with van der Waals surface area (Å²) in [4.78, 5) is 37.7. The van der Waals surface area contributed by atoms with Crippen LogP contribution in [0.1, 0.15) is 27.2 Å². The summed E-state index contributed by atoms with van der Waals surface area (Å²) in [5.74, 6) is -0.236. The lowest BCUT2D eigenvalue weighted by molar-refractivity contribution is -0.153. The fraction of sp³-hybridized carbons (Fsp3) is 0.727. The number of amides is 2. The van der Waals surface area contributed by atoms with Crippen molar-refractivity contribution < 1.29 is 14.4 Å². The van der Waals surface area contributed by atoms with E-state index < -0.39 is 6.04 Å². The maximum absolute atomic E-state index is 11.8. The summed E-state index contributed by atoms with van der Waals surface area (Å²) in [6.07, 6.45) is 0.386. The molecule has 1 atom stereocenters. The zero-order chi connectivity index (χ0) is 12.3. The predicted molar refractivity (Wildman–Crippen MR) is 58.7 cm³/mol. The van der Waals surface area contributed by atoms with Gasteiger partial charge in [0.05, 0.1) is 12.6 Å². The molecular formula is C11H18N2O3. The van der Waals surface area contributed by atoms with Crippen LogP contribution >= 0.6 is 0 Å². The molecular weight excluding hydrogens is 208 g/mol. The second-order valence-electron chi connectivity index (χ2n) is 3.93. The van der Waals surface area contributed by atoms with Crippen molar-refractivity contribution in [1.29, 1.82) is 0 Å². The van der Waals surface area contributed by atoms with E-state index in [1.807, 2.05) is 6.92 Å². The average molecular weight is 226 g/mol. The van der Waals surface area contributed by atoms with Crippen LogP contribution in [0.5, 0.6) is 0 Å². The van der Waals surface area contributed by atoms with Crippen molar-refractivity contribution in [3.8, 4) is 0 Å². The maximum atomic E-state index is 11.8. The van der Waals surface area contributed by atoms with Crippen molar-refractivity contribution in [2.45, 2.75) is 33.2 Å². The number of piperazine rings is 1. The van der Waals surface area contributed by atoms with Crippen LogP contribution in [0, 0.1) is 0 Å². The van der Waals surface area contributed by atoms with Crippen molar-refractivity contribution in [3.63, 3.8) is 0 Å². The maximum Gasteiger partial charge on any atom is 0.243 e. The zero-order valence-corrected chi connectivity index (χ0v) is 10.0. The van der Waals surface area contributed by atoms with E-state index in [0.717, 1.165) is 0 Å². The highest BCUT2D eigenvalue weighted by atomic mass is 16.2. The van der Waals surface area contributed by atoms with E-state index >= 15 is 0 Å². The highest BCUT2D eigenvalue weighted by molar-refractivity contribution is 5.96. The Kier molecular flexibility index (Phi) is 4.04. The minimum absolute atomic E-state index is 0.00824. The molecule has 0 aromatic carbocycles. The van der Waals surface area contributed by atoms with Gasteiger partial charge in [-0.3, -0.25) is 14.4 Å². The SMILES string of the molecule is CCC(=O)C(C)N1CC(=O)N(CC)CC1=O. The van der Waals surface area contributed by atoms with Crippen LogP contribution in [0.15, 0.2) is 0 Å². The van der Waals surface area contributed by atoms with Crippen LogP contribution in [0.25, 0.3) is 0 Å².